The van der Waals surface area contributed by atoms with Crippen molar-refractivity contribution in [3.05, 3.63) is 24.2 Å². The van der Waals surface area contributed by atoms with Crippen molar-refractivity contribution in [2.45, 2.75) is 45.2 Å². The Morgan fingerprint density at radius 1 is 1.45 bits per heavy atom. The molecule has 0 unspecified atom stereocenters. The van der Waals surface area contributed by atoms with E-state index in [-0.39, 0.29) is 5.91 Å². The number of carbonyl (C=O) groups excluding carboxylic acids is 1. The second kappa shape index (κ2) is 6.00. The number of hydrogen-bond donors (Lipinski definition) is 2. The van der Waals surface area contributed by atoms with E-state index in [2.05, 4.69) is 17.6 Å². The maximum absolute atomic E-state index is 11.9. The normalized spacial score (nSPS) is 29.6. The van der Waals surface area contributed by atoms with Crippen LogP contribution in [-0.2, 0) is 11.3 Å². The van der Waals surface area contributed by atoms with Crippen LogP contribution in [0.5, 0.6) is 0 Å². The van der Waals surface area contributed by atoms with E-state index in [4.69, 9.17) is 4.42 Å². The zero-order chi connectivity index (χ0) is 13.9. The first kappa shape index (κ1) is 13.7. The van der Waals surface area contributed by atoms with Gasteiger partial charge in [-0.05, 0) is 56.1 Å². The standard InChI is InChI=1S/C16H24N2O2/c1-11(15-8-12-4-5-13(15)7-12)18-16(19)10-17-9-14-3-2-6-20-14/h2-3,6,11-13,15,17H,4-5,7-10H2,1H3,(H,18,19)/t11-,12+,13-,15+/m1/s1. The molecule has 2 aliphatic rings. The van der Waals surface area contributed by atoms with Crippen LogP contribution in [0, 0.1) is 17.8 Å². The minimum absolute atomic E-state index is 0.0897. The summed E-state index contributed by atoms with van der Waals surface area (Å²) in [6.45, 7) is 3.12. The molecule has 2 saturated carbocycles. The Morgan fingerprint density at radius 3 is 3.00 bits per heavy atom. The fourth-order valence-electron chi connectivity index (χ4n) is 4.03. The van der Waals surface area contributed by atoms with Gasteiger partial charge in [-0.15, -0.1) is 0 Å². The van der Waals surface area contributed by atoms with Crippen LogP contribution in [-0.4, -0.2) is 18.5 Å². The molecule has 4 heteroatoms. The quantitative estimate of drug-likeness (QED) is 0.838. The molecule has 0 spiro atoms. The summed E-state index contributed by atoms with van der Waals surface area (Å²) >= 11 is 0. The zero-order valence-electron chi connectivity index (χ0n) is 12.1. The number of fused-ring (bicyclic) bond motifs is 2. The van der Waals surface area contributed by atoms with Crippen LogP contribution in [0.2, 0.25) is 0 Å². The number of nitrogens with one attached hydrogen (secondary N) is 2. The van der Waals surface area contributed by atoms with E-state index in [0.29, 0.717) is 25.0 Å². The molecule has 1 aromatic rings. The Kier molecular flexibility index (Phi) is 4.10. The molecule has 20 heavy (non-hydrogen) atoms. The summed E-state index contributed by atoms with van der Waals surface area (Å²) in [6.07, 6.45) is 7.13. The van der Waals surface area contributed by atoms with E-state index in [0.717, 1.165) is 17.6 Å². The van der Waals surface area contributed by atoms with E-state index < -0.39 is 0 Å². The van der Waals surface area contributed by atoms with Gasteiger partial charge in [-0.1, -0.05) is 6.42 Å². The topological polar surface area (TPSA) is 54.3 Å². The van der Waals surface area contributed by atoms with Crippen LogP contribution >= 0.6 is 0 Å². The molecule has 2 N–H and O–H groups in total. The number of carbonyl (C=O) groups is 1. The highest BCUT2D eigenvalue weighted by Crippen LogP contribution is 2.49. The lowest BCUT2D eigenvalue weighted by molar-refractivity contribution is -0.121. The van der Waals surface area contributed by atoms with Crippen LogP contribution in [0.4, 0.5) is 0 Å². The van der Waals surface area contributed by atoms with Crippen LogP contribution in [0.25, 0.3) is 0 Å². The third-order valence-electron chi connectivity index (χ3n) is 4.99. The van der Waals surface area contributed by atoms with Gasteiger partial charge < -0.3 is 15.1 Å². The molecule has 3 rings (SSSR count). The molecule has 2 aliphatic carbocycles. The third-order valence-corrected chi connectivity index (χ3v) is 4.99. The summed E-state index contributed by atoms with van der Waals surface area (Å²) < 4.78 is 5.22. The van der Waals surface area contributed by atoms with E-state index >= 15 is 0 Å². The Balaban J connectivity index is 1.38. The SMILES string of the molecule is C[C@@H](NC(=O)CNCc1ccco1)[C@@H]1C[C@H]2CC[C@@H]1C2. The lowest BCUT2D eigenvalue weighted by atomic mass is 9.84. The molecule has 1 heterocycles. The van der Waals surface area contributed by atoms with Crippen molar-refractivity contribution in [1.29, 1.82) is 0 Å². The first-order chi connectivity index (χ1) is 9.72. The molecule has 110 valence electrons. The van der Waals surface area contributed by atoms with Crippen LogP contribution < -0.4 is 10.6 Å². The molecule has 0 aliphatic heterocycles. The highest BCUT2D eigenvalue weighted by Gasteiger charge is 2.41. The predicted molar refractivity (Wildman–Crippen MR) is 77.0 cm³/mol. The number of hydrogen-bond acceptors (Lipinski definition) is 3. The second-order valence-electron chi connectivity index (χ2n) is 6.38. The molecule has 4 nitrogen and oxygen atoms in total. The van der Waals surface area contributed by atoms with Gasteiger partial charge in [0.15, 0.2) is 0 Å². The van der Waals surface area contributed by atoms with Gasteiger partial charge in [0.1, 0.15) is 5.76 Å². The van der Waals surface area contributed by atoms with Crippen molar-refractivity contribution in [2.24, 2.45) is 17.8 Å². The fourth-order valence-corrected chi connectivity index (χ4v) is 4.03. The molecule has 0 saturated heterocycles. The lowest BCUT2D eigenvalue weighted by Gasteiger charge is -2.28. The maximum atomic E-state index is 11.9. The van der Waals surface area contributed by atoms with Crippen molar-refractivity contribution in [2.75, 3.05) is 6.54 Å². The van der Waals surface area contributed by atoms with Gasteiger partial charge in [-0.3, -0.25) is 4.79 Å². The van der Waals surface area contributed by atoms with Gasteiger partial charge in [0.05, 0.1) is 19.4 Å². The first-order valence-corrected chi connectivity index (χ1v) is 7.75. The summed E-state index contributed by atoms with van der Waals surface area (Å²) in [4.78, 5) is 11.9. The van der Waals surface area contributed by atoms with Gasteiger partial charge in [0, 0.05) is 6.04 Å². The molecular weight excluding hydrogens is 252 g/mol. The van der Waals surface area contributed by atoms with E-state index in [9.17, 15) is 4.79 Å². The molecule has 0 radical (unpaired) electrons. The molecule has 4 atom stereocenters. The Labute approximate surface area is 120 Å². The Hall–Kier alpha value is -1.29. The number of rotatable bonds is 6. The molecule has 1 aromatic heterocycles. The van der Waals surface area contributed by atoms with E-state index in [1.54, 1.807) is 6.26 Å². The van der Waals surface area contributed by atoms with Gasteiger partial charge in [0.25, 0.3) is 0 Å². The molecule has 2 fully saturated rings. The Bertz CT molecular complexity index is 443. The van der Waals surface area contributed by atoms with Gasteiger partial charge in [0.2, 0.25) is 5.91 Å². The Morgan fingerprint density at radius 2 is 2.35 bits per heavy atom. The van der Waals surface area contributed by atoms with Gasteiger partial charge >= 0.3 is 0 Å². The zero-order valence-corrected chi connectivity index (χ0v) is 12.1. The van der Waals surface area contributed by atoms with Gasteiger partial charge in [-0.2, -0.15) is 0 Å². The number of furan rings is 1. The minimum atomic E-state index is 0.0897. The van der Waals surface area contributed by atoms with Gasteiger partial charge in [-0.25, -0.2) is 0 Å². The lowest BCUT2D eigenvalue weighted by Crippen LogP contribution is -2.43. The number of amides is 1. The molecule has 2 bridgehead atoms. The van der Waals surface area contributed by atoms with Crippen molar-refractivity contribution in [1.82, 2.24) is 10.6 Å². The molecule has 1 amide bonds. The third kappa shape index (κ3) is 3.06. The van der Waals surface area contributed by atoms with Crippen LogP contribution in [0.1, 0.15) is 38.4 Å². The summed E-state index contributed by atoms with van der Waals surface area (Å²) in [5.41, 5.74) is 0. The van der Waals surface area contributed by atoms with E-state index in [1.165, 1.54) is 25.7 Å². The van der Waals surface area contributed by atoms with Crippen molar-refractivity contribution in [3.63, 3.8) is 0 Å². The smallest absolute Gasteiger partial charge is 0.234 e. The second-order valence-corrected chi connectivity index (χ2v) is 6.38. The van der Waals surface area contributed by atoms with Crippen molar-refractivity contribution in [3.8, 4) is 0 Å². The highest BCUT2D eigenvalue weighted by molar-refractivity contribution is 5.78. The fraction of sp³-hybridized carbons (Fsp3) is 0.688. The van der Waals surface area contributed by atoms with Crippen molar-refractivity contribution >= 4 is 5.91 Å². The average Bonchev–Trinajstić information content (AvgIpc) is 3.15. The molecule has 0 aromatic carbocycles. The first-order valence-electron chi connectivity index (χ1n) is 7.75. The largest absolute Gasteiger partial charge is 0.468 e. The molecular formula is C16H24N2O2. The van der Waals surface area contributed by atoms with Crippen molar-refractivity contribution < 1.29 is 9.21 Å². The predicted octanol–water partition coefficient (Wildman–Crippen LogP) is 2.31. The minimum Gasteiger partial charge on any atom is -0.468 e. The van der Waals surface area contributed by atoms with Crippen LogP contribution in [0.3, 0.4) is 0 Å². The highest BCUT2D eigenvalue weighted by atomic mass is 16.3. The summed E-state index contributed by atoms with van der Waals surface area (Å²) in [7, 11) is 0. The van der Waals surface area contributed by atoms with E-state index in [1.807, 2.05) is 12.1 Å². The summed E-state index contributed by atoms with van der Waals surface area (Å²) in [6, 6.07) is 4.07. The van der Waals surface area contributed by atoms with Crippen LogP contribution in [0.15, 0.2) is 22.8 Å². The maximum Gasteiger partial charge on any atom is 0.234 e. The average molecular weight is 276 g/mol. The summed E-state index contributed by atoms with van der Waals surface area (Å²) in [5.74, 6) is 3.43. The summed E-state index contributed by atoms with van der Waals surface area (Å²) in [5, 5.41) is 6.27. The monoisotopic (exact) mass is 276 g/mol.